The second kappa shape index (κ2) is 12.8. The van der Waals surface area contributed by atoms with Crippen molar-refractivity contribution < 1.29 is 28.5 Å². The molecule has 0 aromatic heterocycles. The summed E-state index contributed by atoms with van der Waals surface area (Å²) in [4.78, 5) is 14.7. The highest BCUT2D eigenvalue weighted by atomic mass is 16.5. The number of hydrogen-bond donors (Lipinski definition) is 0. The number of ether oxygens (including phenoxy) is 5. The molecule has 0 bridgehead atoms. The monoisotopic (exact) mass is 445 g/mol. The fourth-order valence-corrected chi connectivity index (χ4v) is 3.67. The van der Waals surface area contributed by atoms with E-state index in [0.717, 1.165) is 43.0 Å². The molecular weight excluding hydrogens is 410 g/mol. The fourth-order valence-electron chi connectivity index (χ4n) is 3.67. The first kappa shape index (κ1) is 25.3. The maximum Gasteiger partial charge on any atom is 0.313 e. The van der Waals surface area contributed by atoms with Crippen molar-refractivity contribution in [2.45, 2.75) is 25.2 Å². The lowest BCUT2D eigenvalue weighted by molar-refractivity contribution is -0.142. The average molecular weight is 446 g/mol. The van der Waals surface area contributed by atoms with E-state index < -0.39 is 0 Å². The molecular formula is C25H35NO6. The van der Waals surface area contributed by atoms with E-state index in [9.17, 15) is 4.79 Å². The number of carbonyl (C=O) groups is 1. The van der Waals surface area contributed by atoms with E-state index in [4.69, 9.17) is 23.7 Å². The number of methoxy groups -OCH3 is 5. The summed E-state index contributed by atoms with van der Waals surface area (Å²) >= 11 is 0. The van der Waals surface area contributed by atoms with E-state index in [1.165, 1.54) is 12.7 Å². The Morgan fingerprint density at radius 1 is 0.812 bits per heavy atom. The summed E-state index contributed by atoms with van der Waals surface area (Å²) in [6.07, 6.45) is 2.44. The van der Waals surface area contributed by atoms with Gasteiger partial charge >= 0.3 is 5.97 Å². The normalized spacial score (nSPS) is 11.7. The Labute approximate surface area is 191 Å². The molecule has 0 spiro atoms. The van der Waals surface area contributed by atoms with Crippen molar-refractivity contribution in [3.63, 3.8) is 0 Å². The molecule has 0 saturated carbocycles. The van der Waals surface area contributed by atoms with Crippen LogP contribution in [-0.4, -0.2) is 66.6 Å². The Morgan fingerprint density at radius 2 is 1.41 bits per heavy atom. The van der Waals surface area contributed by atoms with Crippen LogP contribution in [0.2, 0.25) is 0 Å². The van der Waals surface area contributed by atoms with Crippen LogP contribution in [0.5, 0.6) is 23.0 Å². The van der Waals surface area contributed by atoms with Crippen LogP contribution in [0.3, 0.4) is 0 Å². The van der Waals surface area contributed by atoms with Crippen molar-refractivity contribution in [2.24, 2.45) is 0 Å². The van der Waals surface area contributed by atoms with E-state index in [1.807, 2.05) is 30.3 Å². The Kier molecular flexibility index (Phi) is 10.1. The molecule has 1 unspecified atom stereocenters. The zero-order chi connectivity index (χ0) is 23.5. The third-order valence-corrected chi connectivity index (χ3v) is 5.56. The van der Waals surface area contributed by atoms with Gasteiger partial charge in [-0.1, -0.05) is 12.1 Å². The highest BCUT2D eigenvalue weighted by Gasteiger charge is 2.23. The molecule has 0 N–H and O–H groups in total. The van der Waals surface area contributed by atoms with Crippen molar-refractivity contribution in [2.75, 3.05) is 55.7 Å². The molecule has 2 rings (SSSR count). The average Bonchev–Trinajstić information content (AvgIpc) is 2.84. The van der Waals surface area contributed by atoms with Crippen molar-refractivity contribution >= 4 is 5.97 Å². The van der Waals surface area contributed by atoms with Crippen molar-refractivity contribution in [1.29, 1.82) is 0 Å². The van der Waals surface area contributed by atoms with Gasteiger partial charge in [0.15, 0.2) is 23.0 Å². The van der Waals surface area contributed by atoms with Gasteiger partial charge in [-0.25, -0.2) is 0 Å². The van der Waals surface area contributed by atoms with Crippen molar-refractivity contribution in [3.05, 3.63) is 47.5 Å². The fraction of sp³-hybridized carbons (Fsp3) is 0.480. The number of esters is 1. The first-order valence-corrected chi connectivity index (χ1v) is 10.7. The topological polar surface area (TPSA) is 66.5 Å². The lowest BCUT2D eigenvalue weighted by atomic mass is 9.93. The van der Waals surface area contributed by atoms with Crippen LogP contribution in [0.4, 0.5) is 0 Å². The van der Waals surface area contributed by atoms with Gasteiger partial charge in [-0.3, -0.25) is 4.79 Å². The van der Waals surface area contributed by atoms with E-state index in [2.05, 4.69) is 18.0 Å². The molecule has 0 aliphatic rings. The number of benzene rings is 2. The number of hydrogen-bond acceptors (Lipinski definition) is 7. The molecule has 7 nitrogen and oxygen atoms in total. The molecule has 0 heterocycles. The maximum absolute atomic E-state index is 12.4. The molecule has 0 saturated heterocycles. The molecule has 0 radical (unpaired) electrons. The third-order valence-electron chi connectivity index (χ3n) is 5.56. The minimum Gasteiger partial charge on any atom is -0.493 e. The van der Waals surface area contributed by atoms with Crippen molar-refractivity contribution in [3.8, 4) is 23.0 Å². The molecule has 2 aromatic carbocycles. The molecule has 7 heteroatoms. The summed E-state index contributed by atoms with van der Waals surface area (Å²) in [6, 6.07) is 11.6. The Hall–Kier alpha value is -2.93. The molecule has 2 aromatic rings. The van der Waals surface area contributed by atoms with Gasteiger partial charge in [0, 0.05) is 6.54 Å². The first-order chi connectivity index (χ1) is 15.5. The second-order valence-electron chi connectivity index (χ2n) is 7.58. The summed E-state index contributed by atoms with van der Waals surface area (Å²) in [5.41, 5.74) is 2.05. The summed E-state index contributed by atoms with van der Waals surface area (Å²) in [6.45, 7) is 1.77. The van der Waals surface area contributed by atoms with E-state index in [1.54, 1.807) is 28.4 Å². The number of nitrogens with zero attached hydrogens (tertiary/aromatic N) is 1. The molecule has 0 fully saturated rings. The van der Waals surface area contributed by atoms with Crippen LogP contribution < -0.4 is 18.9 Å². The van der Waals surface area contributed by atoms with Gasteiger partial charge in [-0.15, -0.1) is 0 Å². The third kappa shape index (κ3) is 6.79. The lowest BCUT2D eigenvalue weighted by Crippen LogP contribution is -2.24. The van der Waals surface area contributed by atoms with Gasteiger partial charge in [-0.05, 0) is 68.2 Å². The zero-order valence-electron chi connectivity index (χ0n) is 20.0. The number of likely N-dealkylation sites (N-methyl/N-ethyl adjacent to an activating group) is 1. The standard InChI is InChI=1S/C25H35NO6/c1-26(15-13-18-9-11-21(28-2)23(16-18)30-4)14-7-8-20(25(27)32-6)19-10-12-22(29-3)24(17-19)31-5/h9-12,16-17,20H,7-8,13-15H2,1-6H3. The Morgan fingerprint density at radius 3 is 2.00 bits per heavy atom. The van der Waals surface area contributed by atoms with Gasteiger partial charge in [-0.2, -0.15) is 0 Å². The second-order valence-corrected chi connectivity index (χ2v) is 7.58. The van der Waals surface area contributed by atoms with Gasteiger partial charge in [0.1, 0.15) is 0 Å². The number of carbonyl (C=O) groups excluding carboxylic acids is 1. The summed E-state index contributed by atoms with van der Waals surface area (Å²) in [5.74, 6) is 2.11. The highest BCUT2D eigenvalue weighted by molar-refractivity contribution is 5.78. The van der Waals surface area contributed by atoms with Crippen LogP contribution in [-0.2, 0) is 16.0 Å². The Bertz CT molecular complexity index is 870. The van der Waals surface area contributed by atoms with Crippen LogP contribution >= 0.6 is 0 Å². The predicted molar refractivity (Wildman–Crippen MR) is 124 cm³/mol. The SMILES string of the molecule is COC(=O)C(CCCN(C)CCc1ccc(OC)c(OC)c1)c1ccc(OC)c(OC)c1. The maximum atomic E-state index is 12.4. The van der Waals surface area contributed by atoms with E-state index >= 15 is 0 Å². The highest BCUT2D eigenvalue weighted by Crippen LogP contribution is 2.33. The minimum atomic E-state index is -0.348. The lowest BCUT2D eigenvalue weighted by Gasteiger charge is -2.20. The van der Waals surface area contributed by atoms with Gasteiger partial charge < -0.3 is 28.6 Å². The van der Waals surface area contributed by atoms with Crippen LogP contribution in [0, 0.1) is 0 Å². The quantitative estimate of drug-likeness (QED) is 0.433. The zero-order valence-corrected chi connectivity index (χ0v) is 20.0. The number of rotatable bonds is 13. The summed E-state index contributed by atoms with van der Waals surface area (Å²) in [7, 11) is 9.96. The molecule has 0 aliphatic carbocycles. The minimum absolute atomic E-state index is 0.245. The Balaban J connectivity index is 1.93. The predicted octanol–water partition coefficient (Wildman–Crippen LogP) is 3.93. The first-order valence-electron chi connectivity index (χ1n) is 10.7. The largest absolute Gasteiger partial charge is 0.493 e. The van der Waals surface area contributed by atoms with Gasteiger partial charge in [0.2, 0.25) is 0 Å². The molecule has 1 atom stereocenters. The summed E-state index contributed by atoms with van der Waals surface area (Å²) < 4.78 is 26.4. The van der Waals surface area contributed by atoms with Crippen LogP contribution in [0.1, 0.15) is 29.9 Å². The van der Waals surface area contributed by atoms with E-state index in [0.29, 0.717) is 17.9 Å². The van der Waals surface area contributed by atoms with Gasteiger partial charge in [0.25, 0.3) is 0 Å². The smallest absolute Gasteiger partial charge is 0.313 e. The van der Waals surface area contributed by atoms with Crippen LogP contribution in [0.15, 0.2) is 36.4 Å². The summed E-state index contributed by atoms with van der Waals surface area (Å²) in [5, 5.41) is 0. The van der Waals surface area contributed by atoms with Gasteiger partial charge in [0.05, 0.1) is 41.5 Å². The van der Waals surface area contributed by atoms with Crippen molar-refractivity contribution in [1.82, 2.24) is 4.90 Å². The molecule has 176 valence electrons. The van der Waals surface area contributed by atoms with Crippen LogP contribution in [0.25, 0.3) is 0 Å². The molecule has 0 aliphatic heterocycles. The molecule has 0 amide bonds. The molecule has 32 heavy (non-hydrogen) atoms. The van der Waals surface area contributed by atoms with E-state index in [-0.39, 0.29) is 11.9 Å².